The molecule has 0 heterocycles. The zero-order valence-electron chi connectivity index (χ0n) is 11.8. The van der Waals surface area contributed by atoms with Gasteiger partial charge in [0.2, 0.25) is 0 Å². The molecule has 4 heteroatoms. The number of nitrogen functional groups attached to an aromatic ring is 1. The first kappa shape index (κ1) is 15.5. The summed E-state index contributed by atoms with van der Waals surface area (Å²) in [5, 5.41) is 0. The lowest BCUT2D eigenvalue weighted by Crippen LogP contribution is -2.42. The molecule has 0 spiro atoms. The lowest BCUT2D eigenvalue weighted by molar-refractivity contribution is -0.155. The van der Waals surface area contributed by atoms with E-state index in [1.165, 1.54) is 0 Å². The van der Waals surface area contributed by atoms with Crippen LogP contribution in [0.25, 0.3) is 0 Å². The van der Waals surface area contributed by atoms with Gasteiger partial charge in [-0.2, -0.15) is 0 Å². The Kier molecular flexibility index (Phi) is 5.83. The Morgan fingerprint density at radius 3 is 2.63 bits per heavy atom. The third-order valence-corrected chi connectivity index (χ3v) is 3.32. The first-order valence-corrected chi connectivity index (χ1v) is 6.79. The van der Waals surface area contributed by atoms with Crippen molar-refractivity contribution < 1.29 is 9.53 Å². The molecule has 1 aromatic rings. The predicted molar refractivity (Wildman–Crippen MR) is 77.6 cm³/mol. The molecule has 1 atom stereocenters. The fraction of sp³-hybridized carbons (Fsp3) is 0.533. The number of hydrogen-bond donors (Lipinski definition) is 2. The van der Waals surface area contributed by atoms with Crippen LogP contribution in [0.1, 0.15) is 32.3 Å². The van der Waals surface area contributed by atoms with Crippen LogP contribution in [0.4, 0.5) is 5.69 Å². The second kappa shape index (κ2) is 7.14. The lowest BCUT2D eigenvalue weighted by Gasteiger charge is -2.30. The summed E-state index contributed by atoms with van der Waals surface area (Å²) in [6.45, 7) is 4.52. The van der Waals surface area contributed by atoms with Crippen LogP contribution in [0.15, 0.2) is 24.3 Å². The minimum atomic E-state index is -0.640. The van der Waals surface area contributed by atoms with Gasteiger partial charge < -0.3 is 16.2 Å². The van der Waals surface area contributed by atoms with E-state index in [-0.39, 0.29) is 12.5 Å². The van der Waals surface area contributed by atoms with Crippen molar-refractivity contribution in [1.82, 2.24) is 0 Å². The summed E-state index contributed by atoms with van der Waals surface area (Å²) in [6.07, 6.45) is 2.18. The van der Waals surface area contributed by atoms with Gasteiger partial charge >= 0.3 is 5.97 Å². The quantitative estimate of drug-likeness (QED) is 0.584. The number of rotatable bonds is 7. The van der Waals surface area contributed by atoms with Crippen molar-refractivity contribution in [2.24, 2.45) is 11.1 Å². The molecule has 1 unspecified atom stereocenters. The van der Waals surface area contributed by atoms with Crippen LogP contribution in [-0.4, -0.2) is 19.1 Å². The molecule has 1 rings (SSSR count). The van der Waals surface area contributed by atoms with Gasteiger partial charge in [0.15, 0.2) is 0 Å². The summed E-state index contributed by atoms with van der Waals surface area (Å²) in [5.74, 6) is -0.207. The monoisotopic (exact) mass is 264 g/mol. The maximum Gasteiger partial charge on any atom is 0.313 e. The van der Waals surface area contributed by atoms with Gasteiger partial charge in [0, 0.05) is 12.2 Å². The number of esters is 1. The molecule has 0 aliphatic heterocycles. The molecular formula is C15H24N2O2. The van der Waals surface area contributed by atoms with Crippen LogP contribution in [0.5, 0.6) is 0 Å². The summed E-state index contributed by atoms with van der Waals surface area (Å²) in [7, 11) is 0. The van der Waals surface area contributed by atoms with E-state index >= 15 is 0 Å². The van der Waals surface area contributed by atoms with E-state index in [1.807, 2.05) is 38.1 Å². The summed E-state index contributed by atoms with van der Waals surface area (Å²) >= 11 is 0. The van der Waals surface area contributed by atoms with Crippen LogP contribution in [0, 0.1) is 5.41 Å². The van der Waals surface area contributed by atoms with E-state index in [0.29, 0.717) is 18.7 Å². The molecule has 0 amide bonds. The number of benzene rings is 1. The minimum absolute atomic E-state index is 0.207. The van der Waals surface area contributed by atoms with E-state index in [1.54, 1.807) is 0 Å². The topological polar surface area (TPSA) is 78.3 Å². The van der Waals surface area contributed by atoms with E-state index in [9.17, 15) is 4.79 Å². The molecule has 4 N–H and O–H groups in total. The zero-order valence-corrected chi connectivity index (χ0v) is 11.8. The highest BCUT2D eigenvalue weighted by Gasteiger charge is 2.37. The molecule has 0 saturated heterocycles. The van der Waals surface area contributed by atoms with E-state index in [2.05, 4.69) is 0 Å². The third-order valence-electron chi connectivity index (χ3n) is 3.32. The Bertz CT molecular complexity index is 420. The van der Waals surface area contributed by atoms with Crippen LogP contribution in [-0.2, 0) is 16.0 Å². The summed E-state index contributed by atoms with van der Waals surface area (Å²) in [6, 6.07) is 7.58. The fourth-order valence-corrected chi connectivity index (χ4v) is 2.38. The molecule has 0 saturated carbocycles. The van der Waals surface area contributed by atoms with Gasteiger partial charge in [0.05, 0.1) is 12.0 Å². The smallest absolute Gasteiger partial charge is 0.313 e. The van der Waals surface area contributed by atoms with Gasteiger partial charge in [-0.3, -0.25) is 4.79 Å². The molecule has 106 valence electrons. The summed E-state index contributed by atoms with van der Waals surface area (Å²) in [5.41, 5.74) is 12.7. The van der Waals surface area contributed by atoms with Gasteiger partial charge in [-0.1, -0.05) is 25.5 Å². The summed E-state index contributed by atoms with van der Waals surface area (Å²) < 4.78 is 5.20. The maximum absolute atomic E-state index is 12.2. The molecule has 0 aliphatic carbocycles. The molecule has 0 bridgehead atoms. The van der Waals surface area contributed by atoms with Crippen LogP contribution < -0.4 is 11.5 Å². The van der Waals surface area contributed by atoms with Crippen LogP contribution in [0.2, 0.25) is 0 Å². The standard InChI is InChI=1S/C15H24N2O2/c1-3-8-15(11-16,14(18)19-4-2)10-12-6-5-7-13(17)9-12/h5-7,9H,3-4,8,10-11,16-17H2,1-2H3. The molecule has 0 aromatic heterocycles. The zero-order chi connectivity index (χ0) is 14.3. The minimum Gasteiger partial charge on any atom is -0.466 e. The van der Waals surface area contributed by atoms with Crippen LogP contribution in [0.3, 0.4) is 0 Å². The van der Waals surface area contributed by atoms with E-state index in [0.717, 1.165) is 18.4 Å². The van der Waals surface area contributed by atoms with Crippen molar-refractivity contribution in [3.8, 4) is 0 Å². The first-order valence-electron chi connectivity index (χ1n) is 6.79. The van der Waals surface area contributed by atoms with Gasteiger partial charge in [-0.05, 0) is 37.5 Å². The highest BCUT2D eigenvalue weighted by molar-refractivity contribution is 5.77. The molecule has 19 heavy (non-hydrogen) atoms. The second-order valence-corrected chi connectivity index (χ2v) is 4.88. The van der Waals surface area contributed by atoms with Gasteiger partial charge in [-0.25, -0.2) is 0 Å². The number of nitrogens with two attached hydrogens (primary N) is 2. The third kappa shape index (κ3) is 3.96. The second-order valence-electron chi connectivity index (χ2n) is 4.88. The molecular weight excluding hydrogens is 240 g/mol. The average molecular weight is 264 g/mol. The van der Waals surface area contributed by atoms with Gasteiger partial charge in [0.1, 0.15) is 0 Å². The van der Waals surface area contributed by atoms with Crippen molar-refractivity contribution in [3.05, 3.63) is 29.8 Å². The van der Waals surface area contributed by atoms with E-state index < -0.39 is 5.41 Å². The SMILES string of the molecule is CCCC(CN)(Cc1cccc(N)c1)C(=O)OCC. The highest BCUT2D eigenvalue weighted by atomic mass is 16.5. The average Bonchev–Trinajstić information content (AvgIpc) is 2.38. The van der Waals surface area contributed by atoms with Crippen molar-refractivity contribution in [1.29, 1.82) is 0 Å². The van der Waals surface area contributed by atoms with Crippen LogP contribution >= 0.6 is 0 Å². The van der Waals surface area contributed by atoms with Crippen molar-refractivity contribution in [2.45, 2.75) is 33.1 Å². The van der Waals surface area contributed by atoms with Crippen molar-refractivity contribution >= 4 is 11.7 Å². The Labute approximate surface area is 115 Å². The lowest BCUT2D eigenvalue weighted by atomic mass is 9.77. The first-order chi connectivity index (χ1) is 9.07. The Balaban J connectivity index is 2.99. The normalized spacial score (nSPS) is 13.8. The number of carbonyl (C=O) groups is 1. The molecule has 0 aliphatic rings. The largest absolute Gasteiger partial charge is 0.466 e. The Hall–Kier alpha value is -1.55. The Morgan fingerprint density at radius 1 is 1.37 bits per heavy atom. The molecule has 0 radical (unpaired) electrons. The molecule has 1 aromatic carbocycles. The van der Waals surface area contributed by atoms with E-state index in [4.69, 9.17) is 16.2 Å². The highest BCUT2D eigenvalue weighted by Crippen LogP contribution is 2.30. The molecule has 4 nitrogen and oxygen atoms in total. The number of carbonyl (C=O) groups excluding carboxylic acids is 1. The number of anilines is 1. The molecule has 0 fully saturated rings. The van der Waals surface area contributed by atoms with Gasteiger partial charge in [0.25, 0.3) is 0 Å². The number of ether oxygens (including phenoxy) is 1. The fourth-order valence-electron chi connectivity index (χ4n) is 2.38. The number of hydrogen-bond acceptors (Lipinski definition) is 4. The van der Waals surface area contributed by atoms with Crippen molar-refractivity contribution in [2.75, 3.05) is 18.9 Å². The Morgan fingerprint density at radius 2 is 2.11 bits per heavy atom. The summed E-state index contributed by atoms with van der Waals surface area (Å²) in [4.78, 5) is 12.2. The van der Waals surface area contributed by atoms with Gasteiger partial charge in [-0.15, -0.1) is 0 Å². The maximum atomic E-state index is 12.2. The predicted octanol–water partition coefficient (Wildman–Crippen LogP) is 2.12. The van der Waals surface area contributed by atoms with Crippen molar-refractivity contribution in [3.63, 3.8) is 0 Å².